The van der Waals surface area contributed by atoms with Crippen molar-refractivity contribution in [1.29, 1.82) is 0 Å². The third-order valence-electron chi connectivity index (χ3n) is 3.96. The molecule has 19 heavy (non-hydrogen) atoms. The first-order valence-corrected chi connectivity index (χ1v) is 6.23. The minimum Gasteiger partial charge on any atom is -0.320 e. The van der Waals surface area contributed by atoms with Gasteiger partial charge in [0.1, 0.15) is 12.2 Å². The molecule has 1 saturated carbocycles. The van der Waals surface area contributed by atoms with Gasteiger partial charge in [0, 0.05) is 19.2 Å². The fourth-order valence-electron chi connectivity index (χ4n) is 2.81. The maximum Gasteiger partial charge on any atom is 0.269 e. The molecule has 6 nitrogen and oxygen atoms in total. The second-order valence-electron chi connectivity index (χ2n) is 5.01. The molecule has 1 aliphatic rings. The summed E-state index contributed by atoms with van der Waals surface area (Å²) in [6.45, 7) is 0. The Kier molecular flexibility index (Phi) is 2.58. The average molecular weight is 258 g/mol. The molecule has 6 heteroatoms. The summed E-state index contributed by atoms with van der Waals surface area (Å²) in [7, 11) is 1.91. The Morgan fingerprint density at radius 2 is 2.21 bits per heavy atom. The monoisotopic (exact) mass is 258 g/mol. The van der Waals surface area contributed by atoms with Crippen LogP contribution in [0.4, 0.5) is 5.69 Å². The van der Waals surface area contributed by atoms with Crippen LogP contribution in [-0.4, -0.2) is 19.7 Å². The number of hydrogen-bond acceptors (Lipinski definition) is 4. The number of nitro benzene ring substituents is 1. The highest BCUT2D eigenvalue weighted by molar-refractivity contribution is 5.43. The molecule has 1 aromatic carbocycles. The molecule has 0 aliphatic heterocycles. The van der Waals surface area contributed by atoms with Gasteiger partial charge in [-0.15, -0.1) is 10.2 Å². The topological polar surface area (TPSA) is 73.8 Å². The lowest BCUT2D eigenvalue weighted by Gasteiger charge is -2.41. The third kappa shape index (κ3) is 1.71. The van der Waals surface area contributed by atoms with Gasteiger partial charge in [0.2, 0.25) is 0 Å². The van der Waals surface area contributed by atoms with Gasteiger partial charge in [0.15, 0.2) is 0 Å². The Balaban J connectivity index is 2.10. The highest BCUT2D eigenvalue weighted by Crippen LogP contribution is 2.48. The summed E-state index contributed by atoms with van der Waals surface area (Å²) in [5, 5.41) is 19.0. The molecule has 3 rings (SSSR count). The van der Waals surface area contributed by atoms with Crippen LogP contribution in [-0.2, 0) is 12.5 Å². The number of aryl methyl sites for hydroxylation is 1. The van der Waals surface area contributed by atoms with Gasteiger partial charge in [-0.25, -0.2) is 0 Å². The number of nitro groups is 1. The fourth-order valence-corrected chi connectivity index (χ4v) is 2.81. The zero-order valence-electron chi connectivity index (χ0n) is 10.6. The maximum absolute atomic E-state index is 10.9. The summed E-state index contributed by atoms with van der Waals surface area (Å²) < 4.78 is 1.90. The quantitative estimate of drug-likeness (QED) is 0.624. The smallest absolute Gasteiger partial charge is 0.269 e. The van der Waals surface area contributed by atoms with Crippen molar-refractivity contribution in [2.75, 3.05) is 0 Å². The third-order valence-corrected chi connectivity index (χ3v) is 3.96. The maximum atomic E-state index is 10.9. The van der Waals surface area contributed by atoms with Gasteiger partial charge in [0.25, 0.3) is 5.69 Å². The second-order valence-corrected chi connectivity index (χ2v) is 5.01. The Labute approximate surface area is 110 Å². The molecule has 0 amide bonds. The van der Waals surface area contributed by atoms with Crippen LogP contribution in [0.15, 0.2) is 30.6 Å². The molecular weight excluding hydrogens is 244 g/mol. The number of aromatic nitrogens is 3. The highest BCUT2D eigenvalue weighted by Gasteiger charge is 2.44. The normalized spacial score (nSPS) is 16.9. The zero-order valence-corrected chi connectivity index (χ0v) is 10.6. The van der Waals surface area contributed by atoms with Crippen LogP contribution in [0.3, 0.4) is 0 Å². The molecule has 0 unspecified atom stereocenters. The SMILES string of the molecule is Cn1cnnc1C1(c2cccc([N+](=O)[O-])c2)CCC1. The number of nitrogens with zero attached hydrogens (tertiary/aromatic N) is 4. The number of non-ortho nitro benzene ring substituents is 1. The van der Waals surface area contributed by atoms with E-state index in [9.17, 15) is 10.1 Å². The van der Waals surface area contributed by atoms with Crippen molar-refractivity contribution >= 4 is 5.69 Å². The van der Waals surface area contributed by atoms with Crippen LogP contribution in [0, 0.1) is 10.1 Å². The molecule has 0 bridgehead atoms. The Morgan fingerprint density at radius 1 is 1.42 bits per heavy atom. The molecule has 0 radical (unpaired) electrons. The fraction of sp³-hybridized carbons (Fsp3) is 0.385. The summed E-state index contributed by atoms with van der Waals surface area (Å²) in [5.74, 6) is 0.888. The zero-order chi connectivity index (χ0) is 13.5. The van der Waals surface area contributed by atoms with Crippen LogP contribution >= 0.6 is 0 Å². The van der Waals surface area contributed by atoms with E-state index in [1.54, 1.807) is 18.5 Å². The number of benzene rings is 1. The minimum atomic E-state index is -0.355. The molecule has 0 atom stereocenters. The minimum absolute atomic E-state index is 0.131. The average Bonchev–Trinajstić information content (AvgIpc) is 2.75. The molecule has 1 fully saturated rings. The van der Waals surface area contributed by atoms with Crippen LogP contribution in [0.2, 0.25) is 0 Å². The van der Waals surface area contributed by atoms with Crippen molar-refractivity contribution in [3.05, 3.63) is 52.1 Å². The van der Waals surface area contributed by atoms with E-state index in [1.165, 1.54) is 6.07 Å². The lowest BCUT2D eigenvalue weighted by molar-refractivity contribution is -0.385. The van der Waals surface area contributed by atoms with E-state index in [2.05, 4.69) is 10.2 Å². The van der Waals surface area contributed by atoms with Gasteiger partial charge in [-0.1, -0.05) is 18.6 Å². The Bertz CT molecular complexity index is 631. The molecule has 1 heterocycles. The van der Waals surface area contributed by atoms with E-state index >= 15 is 0 Å². The number of rotatable bonds is 3. The van der Waals surface area contributed by atoms with E-state index < -0.39 is 0 Å². The molecule has 2 aromatic rings. The summed E-state index contributed by atoms with van der Waals surface area (Å²) in [5.41, 5.74) is 0.882. The molecule has 0 N–H and O–H groups in total. The standard InChI is InChI=1S/C13H14N4O2/c1-16-9-14-15-12(16)13(6-3-7-13)10-4-2-5-11(8-10)17(18)19/h2,4-5,8-9H,3,6-7H2,1H3. The summed E-state index contributed by atoms with van der Waals surface area (Å²) >= 11 is 0. The van der Waals surface area contributed by atoms with Gasteiger partial charge in [-0.2, -0.15) is 0 Å². The van der Waals surface area contributed by atoms with E-state index in [-0.39, 0.29) is 16.0 Å². The van der Waals surface area contributed by atoms with Crippen LogP contribution in [0.25, 0.3) is 0 Å². The van der Waals surface area contributed by atoms with E-state index in [4.69, 9.17) is 0 Å². The Morgan fingerprint density at radius 3 is 2.74 bits per heavy atom. The molecular formula is C13H14N4O2. The first-order chi connectivity index (χ1) is 9.13. The van der Waals surface area contributed by atoms with Crippen molar-refractivity contribution in [3.8, 4) is 0 Å². The lowest BCUT2D eigenvalue weighted by atomic mass is 9.63. The van der Waals surface area contributed by atoms with Crippen molar-refractivity contribution in [2.45, 2.75) is 24.7 Å². The van der Waals surface area contributed by atoms with Gasteiger partial charge >= 0.3 is 0 Å². The molecule has 0 spiro atoms. The molecule has 1 aliphatic carbocycles. The van der Waals surface area contributed by atoms with Crippen LogP contribution in [0.1, 0.15) is 30.7 Å². The number of hydrogen-bond donors (Lipinski definition) is 0. The van der Waals surface area contributed by atoms with E-state index in [0.717, 1.165) is 30.7 Å². The van der Waals surface area contributed by atoms with Crippen LogP contribution in [0.5, 0.6) is 0 Å². The lowest BCUT2D eigenvalue weighted by Crippen LogP contribution is -2.38. The highest BCUT2D eigenvalue weighted by atomic mass is 16.6. The second kappa shape index (κ2) is 4.15. The van der Waals surface area contributed by atoms with Crippen molar-refractivity contribution in [1.82, 2.24) is 14.8 Å². The largest absolute Gasteiger partial charge is 0.320 e. The first kappa shape index (κ1) is 11.8. The van der Waals surface area contributed by atoms with Gasteiger partial charge in [-0.05, 0) is 18.4 Å². The van der Waals surface area contributed by atoms with Crippen molar-refractivity contribution in [3.63, 3.8) is 0 Å². The van der Waals surface area contributed by atoms with E-state index in [0.29, 0.717) is 0 Å². The van der Waals surface area contributed by atoms with Gasteiger partial charge in [0.05, 0.1) is 10.3 Å². The van der Waals surface area contributed by atoms with Crippen LogP contribution < -0.4 is 0 Å². The predicted octanol–water partition coefficient (Wildman–Crippen LogP) is 2.19. The Hall–Kier alpha value is -2.24. The first-order valence-electron chi connectivity index (χ1n) is 6.23. The summed E-state index contributed by atoms with van der Waals surface area (Å²) in [4.78, 5) is 10.6. The summed E-state index contributed by atoms with van der Waals surface area (Å²) in [6, 6.07) is 6.87. The molecule has 98 valence electrons. The van der Waals surface area contributed by atoms with Crippen molar-refractivity contribution in [2.24, 2.45) is 7.05 Å². The van der Waals surface area contributed by atoms with Gasteiger partial charge < -0.3 is 4.57 Å². The molecule has 0 saturated heterocycles. The van der Waals surface area contributed by atoms with E-state index in [1.807, 2.05) is 17.7 Å². The molecule has 1 aromatic heterocycles. The summed E-state index contributed by atoms with van der Waals surface area (Å²) in [6.07, 6.45) is 4.70. The van der Waals surface area contributed by atoms with Crippen molar-refractivity contribution < 1.29 is 4.92 Å². The predicted molar refractivity (Wildman–Crippen MR) is 68.7 cm³/mol. The van der Waals surface area contributed by atoms with Gasteiger partial charge in [-0.3, -0.25) is 10.1 Å².